The van der Waals surface area contributed by atoms with Crippen LogP contribution in [0.3, 0.4) is 0 Å². The zero-order valence-electron chi connectivity index (χ0n) is 21.7. The molecule has 2 heterocycles. The normalized spacial score (nSPS) is 12.6. The van der Waals surface area contributed by atoms with Crippen molar-refractivity contribution in [1.82, 2.24) is 4.57 Å². The Hall–Kier alpha value is -4.89. The summed E-state index contributed by atoms with van der Waals surface area (Å²) in [5, 5.41) is 12.8. The third-order valence-corrected chi connectivity index (χ3v) is 8.68. The fourth-order valence-electron chi connectivity index (χ4n) is 5.25. The Morgan fingerprint density at radius 2 is 1.45 bits per heavy atom. The van der Waals surface area contributed by atoms with Gasteiger partial charge in [0.1, 0.15) is 17.3 Å². The average Bonchev–Trinajstić information content (AvgIpc) is 3.44. The van der Waals surface area contributed by atoms with Gasteiger partial charge in [-0.25, -0.2) is 8.42 Å². The minimum atomic E-state index is -4.13. The lowest BCUT2D eigenvalue weighted by Crippen LogP contribution is -2.18. The number of rotatable bonds is 7. The maximum absolute atomic E-state index is 13.6. The number of hydrogen-bond donors (Lipinski definition) is 1. The summed E-state index contributed by atoms with van der Waals surface area (Å²) in [5.41, 5.74) is 4.73. The highest BCUT2D eigenvalue weighted by molar-refractivity contribution is 7.92. The number of nitrogens with one attached hydrogen (secondary N) is 1. The first kappa shape index (κ1) is 25.4. The van der Waals surface area contributed by atoms with E-state index in [1.807, 2.05) is 60.7 Å². The number of para-hydroxylation sites is 2. The van der Waals surface area contributed by atoms with E-state index in [0.717, 1.165) is 27.7 Å². The third kappa shape index (κ3) is 4.20. The molecule has 1 atom stereocenters. The number of nitro benzene ring substituents is 1. The molecule has 0 saturated heterocycles. The van der Waals surface area contributed by atoms with Gasteiger partial charge >= 0.3 is 0 Å². The van der Waals surface area contributed by atoms with Crippen molar-refractivity contribution in [2.24, 2.45) is 0 Å². The molecular weight excluding hydrogens is 526 g/mol. The van der Waals surface area contributed by atoms with E-state index in [1.54, 1.807) is 6.07 Å². The standard InChI is InChI=1S/C31H25N3O5S/c1-20-21(2)33(27-14-8-6-12-25(20)27)30(22-10-4-3-5-11-22)31-29(26-13-7-9-15-28(26)39-31)32-40(37,38)24-18-16-23(17-19-24)34(35)36/h3-19,30,32H,1-2H3. The minimum Gasteiger partial charge on any atom is -0.456 e. The van der Waals surface area contributed by atoms with Gasteiger partial charge in [0.05, 0.1) is 9.82 Å². The van der Waals surface area contributed by atoms with Crippen LogP contribution in [0.2, 0.25) is 0 Å². The summed E-state index contributed by atoms with van der Waals surface area (Å²) < 4.78 is 38.7. The van der Waals surface area contributed by atoms with Gasteiger partial charge in [-0.15, -0.1) is 0 Å². The third-order valence-electron chi connectivity index (χ3n) is 7.31. The Morgan fingerprint density at radius 1 is 0.825 bits per heavy atom. The molecule has 0 fully saturated rings. The fraction of sp³-hybridized carbons (Fsp3) is 0.0968. The molecule has 4 aromatic carbocycles. The van der Waals surface area contributed by atoms with Crippen LogP contribution in [0.15, 0.2) is 112 Å². The largest absolute Gasteiger partial charge is 0.456 e. The van der Waals surface area contributed by atoms with Crippen LogP contribution in [-0.2, 0) is 10.0 Å². The second-order valence-corrected chi connectivity index (χ2v) is 11.3. The summed E-state index contributed by atoms with van der Waals surface area (Å²) in [6, 6.07) is 29.5. The molecular formula is C31H25N3O5S. The monoisotopic (exact) mass is 551 g/mol. The summed E-state index contributed by atoms with van der Waals surface area (Å²) in [6.07, 6.45) is 0. The molecule has 9 heteroatoms. The van der Waals surface area contributed by atoms with Crippen molar-refractivity contribution in [1.29, 1.82) is 0 Å². The van der Waals surface area contributed by atoms with Gasteiger partial charge in [0.25, 0.3) is 15.7 Å². The molecule has 0 aliphatic rings. The Bertz CT molecular complexity index is 1990. The number of anilines is 1. The molecule has 8 nitrogen and oxygen atoms in total. The predicted octanol–water partition coefficient (Wildman–Crippen LogP) is 7.35. The molecule has 0 spiro atoms. The van der Waals surface area contributed by atoms with Gasteiger partial charge in [0, 0.05) is 34.1 Å². The molecule has 6 aromatic rings. The van der Waals surface area contributed by atoms with Gasteiger partial charge in [0.2, 0.25) is 0 Å². The van der Waals surface area contributed by atoms with Crippen LogP contribution in [0.4, 0.5) is 11.4 Å². The Morgan fingerprint density at radius 3 is 2.15 bits per heavy atom. The van der Waals surface area contributed by atoms with E-state index in [0.29, 0.717) is 22.4 Å². The Balaban J connectivity index is 1.60. The van der Waals surface area contributed by atoms with Crippen molar-refractivity contribution < 1.29 is 17.8 Å². The van der Waals surface area contributed by atoms with E-state index in [2.05, 4.69) is 35.3 Å². The van der Waals surface area contributed by atoms with Crippen LogP contribution in [-0.4, -0.2) is 17.9 Å². The van der Waals surface area contributed by atoms with E-state index < -0.39 is 21.0 Å². The lowest BCUT2D eigenvalue weighted by Gasteiger charge is -2.23. The first-order valence-electron chi connectivity index (χ1n) is 12.7. The maximum atomic E-state index is 13.6. The first-order valence-corrected chi connectivity index (χ1v) is 14.1. The lowest BCUT2D eigenvalue weighted by molar-refractivity contribution is -0.384. The molecule has 0 amide bonds. The highest BCUT2D eigenvalue weighted by atomic mass is 32.2. The van der Waals surface area contributed by atoms with Gasteiger partial charge in [-0.1, -0.05) is 60.7 Å². The van der Waals surface area contributed by atoms with Crippen LogP contribution in [0.5, 0.6) is 0 Å². The van der Waals surface area contributed by atoms with E-state index in [-0.39, 0.29) is 10.6 Å². The van der Waals surface area contributed by atoms with E-state index in [9.17, 15) is 18.5 Å². The smallest absolute Gasteiger partial charge is 0.269 e. The molecule has 1 N–H and O–H groups in total. The Labute approximate surface area is 230 Å². The molecule has 40 heavy (non-hydrogen) atoms. The van der Waals surface area contributed by atoms with E-state index >= 15 is 0 Å². The number of benzene rings is 4. The van der Waals surface area contributed by atoms with Crippen molar-refractivity contribution in [3.63, 3.8) is 0 Å². The number of aryl methyl sites for hydroxylation is 1. The van der Waals surface area contributed by atoms with Gasteiger partial charge in [-0.05, 0) is 55.3 Å². The Kier molecular flexibility index (Phi) is 6.15. The molecule has 0 aliphatic heterocycles. The average molecular weight is 552 g/mol. The molecule has 0 bridgehead atoms. The van der Waals surface area contributed by atoms with Gasteiger partial charge in [0.15, 0.2) is 5.76 Å². The van der Waals surface area contributed by atoms with Gasteiger partial charge in [-0.2, -0.15) is 0 Å². The number of sulfonamides is 1. The highest BCUT2D eigenvalue weighted by Gasteiger charge is 2.31. The van der Waals surface area contributed by atoms with Crippen LogP contribution in [0, 0.1) is 24.0 Å². The maximum Gasteiger partial charge on any atom is 0.269 e. The van der Waals surface area contributed by atoms with Crippen molar-refractivity contribution >= 4 is 43.3 Å². The second kappa shape index (κ2) is 9.69. The topological polar surface area (TPSA) is 107 Å². The van der Waals surface area contributed by atoms with Gasteiger partial charge in [-0.3, -0.25) is 14.8 Å². The fourth-order valence-corrected chi connectivity index (χ4v) is 6.34. The number of furan rings is 1. The number of hydrogen-bond acceptors (Lipinski definition) is 5. The van der Waals surface area contributed by atoms with Crippen LogP contribution in [0.25, 0.3) is 21.9 Å². The SMILES string of the molecule is Cc1c(C)n(C(c2ccccc2)c2oc3ccccc3c2NS(=O)(=O)c2ccc([N+](=O)[O-])cc2)c2ccccc12. The number of fused-ring (bicyclic) bond motifs is 2. The van der Waals surface area contributed by atoms with Crippen molar-refractivity contribution in [3.8, 4) is 0 Å². The molecule has 2 aromatic heterocycles. The van der Waals surface area contributed by atoms with Gasteiger partial charge < -0.3 is 8.98 Å². The zero-order valence-corrected chi connectivity index (χ0v) is 22.6. The molecule has 0 radical (unpaired) electrons. The summed E-state index contributed by atoms with van der Waals surface area (Å²) in [4.78, 5) is 10.4. The summed E-state index contributed by atoms with van der Waals surface area (Å²) >= 11 is 0. The van der Waals surface area contributed by atoms with Crippen LogP contribution in [0.1, 0.15) is 28.6 Å². The summed E-state index contributed by atoms with van der Waals surface area (Å²) in [7, 11) is -4.13. The number of nitro groups is 1. The van der Waals surface area contributed by atoms with Crippen molar-refractivity contribution in [2.45, 2.75) is 24.8 Å². The number of nitrogens with zero attached hydrogens (tertiary/aromatic N) is 2. The van der Waals surface area contributed by atoms with Crippen molar-refractivity contribution in [2.75, 3.05) is 4.72 Å². The predicted molar refractivity (Wildman–Crippen MR) is 155 cm³/mol. The van der Waals surface area contributed by atoms with E-state index in [4.69, 9.17) is 4.42 Å². The lowest BCUT2D eigenvalue weighted by atomic mass is 10.0. The first-order chi connectivity index (χ1) is 19.3. The van der Waals surface area contributed by atoms with Crippen LogP contribution >= 0.6 is 0 Å². The molecule has 1 unspecified atom stereocenters. The van der Waals surface area contributed by atoms with Crippen LogP contribution < -0.4 is 4.72 Å². The van der Waals surface area contributed by atoms with E-state index in [1.165, 1.54) is 24.3 Å². The summed E-state index contributed by atoms with van der Waals surface area (Å²) in [6.45, 7) is 4.13. The summed E-state index contributed by atoms with van der Waals surface area (Å²) in [5.74, 6) is 0.432. The molecule has 200 valence electrons. The quantitative estimate of drug-likeness (QED) is 0.165. The number of non-ortho nitro benzene ring substituents is 1. The second-order valence-electron chi connectivity index (χ2n) is 9.60. The molecule has 0 aliphatic carbocycles. The van der Waals surface area contributed by atoms with Crippen molar-refractivity contribution in [3.05, 3.63) is 136 Å². The number of aromatic nitrogens is 1. The zero-order chi connectivity index (χ0) is 28.0. The molecule has 6 rings (SSSR count). The highest BCUT2D eigenvalue weighted by Crippen LogP contribution is 2.43. The molecule has 0 saturated carbocycles. The minimum absolute atomic E-state index is 0.0935.